The van der Waals surface area contributed by atoms with Crippen molar-refractivity contribution in [2.24, 2.45) is 5.73 Å². The van der Waals surface area contributed by atoms with Crippen molar-refractivity contribution in [3.05, 3.63) is 52.7 Å². The summed E-state index contributed by atoms with van der Waals surface area (Å²) in [6.45, 7) is 4.77. The van der Waals surface area contributed by atoms with Gasteiger partial charge in [0.25, 0.3) is 0 Å². The van der Waals surface area contributed by atoms with Crippen molar-refractivity contribution < 1.29 is 9.47 Å². The molecule has 0 aliphatic carbocycles. The number of benzene rings is 1. The van der Waals surface area contributed by atoms with Crippen LogP contribution >= 0.6 is 23.2 Å². The molecule has 0 fully saturated rings. The van der Waals surface area contributed by atoms with E-state index in [4.69, 9.17) is 43.5 Å². The van der Waals surface area contributed by atoms with Crippen LogP contribution in [0.4, 0.5) is 5.82 Å². The number of nitrogens with zero attached hydrogens (tertiary/aromatic N) is 5. The van der Waals surface area contributed by atoms with E-state index in [1.165, 1.54) is 0 Å². The lowest BCUT2D eigenvalue weighted by molar-refractivity contribution is 0.355. The van der Waals surface area contributed by atoms with E-state index in [2.05, 4.69) is 25.3 Å². The van der Waals surface area contributed by atoms with Crippen molar-refractivity contribution in [2.75, 3.05) is 26.1 Å². The van der Waals surface area contributed by atoms with Gasteiger partial charge in [-0.15, -0.1) is 0 Å². The maximum Gasteiger partial charge on any atom is 0.179 e. The Balaban J connectivity index is 1.62. The third-order valence-electron chi connectivity index (χ3n) is 5.75. The fourth-order valence-electron chi connectivity index (χ4n) is 4.00. The van der Waals surface area contributed by atoms with E-state index in [-0.39, 0.29) is 0 Å². The lowest BCUT2D eigenvalue weighted by atomic mass is 10.0. The zero-order valence-corrected chi connectivity index (χ0v) is 22.3. The molecule has 1 aromatic carbocycles. The van der Waals surface area contributed by atoms with E-state index in [9.17, 15) is 0 Å². The molecule has 0 atom stereocenters. The molecule has 0 unspecified atom stereocenters. The molecule has 5 aromatic rings. The molecule has 0 radical (unpaired) electrons. The maximum absolute atomic E-state index is 6.67. The van der Waals surface area contributed by atoms with Crippen LogP contribution in [0.5, 0.6) is 11.5 Å². The number of hydrogen-bond acceptors (Lipinski definition) is 8. The van der Waals surface area contributed by atoms with E-state index in [0.717, 1.165) is 22.0 Å². The van der Waals surface area contributed by atoms with Crippen LogP contribution in [0.3, 0.4) is 0 Å². The van der Waals surface area contributed by atoms with Crippen molar-refractivity contribution in [1.29, 1.82) is 0 Å². The highest BCUT2D eigenvalue weighted by Crippen LogP contribution is 2.41. The van der Waals surface area contributed by atoms with Crippen LogP contribution in [0, 0.1) is 0 Å². The summed E-state index contributed by atoms with van der Waals surface area (Å²) in [4.78, 5) is 16.8. The molecule has 10 nitrogen and oxygen atoms in total. The number of nitrogens with one attached hydrogen (secondary N) is 2. The highest BCUT2D eigenvalue weighted by Gasteiger charge is 2.20. The molecule has 4 N–H and O–H groups in total. The lowest BCUT2D eigenvalue weighted by Crippen LogP contribution is -2.39. The number of hydrogen-bond donors (Lipinski definition) is 3. The summed E-state index contributed by atoms with van der Waals surface area (Å²) in [7, 11) is 3.15. The molecule has 0 aliphatic heterocycles. The summed E-state index contributed by atoms with van der Waals surface area (Å²) >= 11 is 12.7. The van der Waals surface area contributed by atoms with Crippen molar-refractivity contribution in [2.45, 2.75) is 25.9 Å². The van der Waals surface area contributed by atoms with Gasteiger partial charge in [0, 0.05) is 47.1 Å². The minimum absolute atomic E-state index is 0.379. The number of fused-ring (bicyclic) bond motifs is 2. The SMILES string of the molecule is COc1cc(Cl)c(-c2cnc(NCC(C)(C)N)c3nn(Cc4nc5nc(Cl)ccc5[nH]4)cc23)cc1OC. The molecule has 0 aliphatic rings. The Morgan fingerprint density at radius 2 is 1.84 bits per heavy atom. The molecule has 5 rings (SSSR count). The molecular formula is C25H26Cl2N8O2. The number of aromatic nitrogens is 6. The summed E-state index contributed by atoms with van der Waals surface area (Å²) in [6, 6.07) is 7.12. The van der Waals surface area contributed by atoms with Gasteiger partial charge in [0.05, 0.1) is 31.3 Å². The Labute approximate surface area is 223 Å². The molecule has 0 amide bonds. The quantitative estimate of drug-likeness (QED) is 0.237. The number of halogens is 2. The molecule has 12 heteroatoms. The predicted molar refractivity (Wildman–Crippen MR) is 146 cm³/mol. The number of imidazole rings is 1. The molecular weight excluding hydrogens is 515 g/mol. The lowest BCUT2D eigenvalue weighted by Gasteiger charge is -2.19. The van der Waals surface area contributed by atoms with Crippen molar-refractivity contribution in [3.8, 4) is 22.6 Å². The van der Waals surface area contributed by atoms with Gasteiger partial charge in [-0.05, 0) is 32.0 Å². The molecule has 192 valence electrons. The van der Waals surface area contributed by atoms with Crippen LogP contribution in [0.1, 0.15) is 19.7 Å². The van der Waals surface area contributed by atoms with Gasteiger partial charge in [0.2, 0.25) is 0 Å². The van der Waals surface area contributed by atoms with Crippen LogP contribution < -0.4 is 20.5 Å². The van der Waals surface area contributed by atoms with Crippen LogP contribution in [0.2, 0.25) is 10.2 Å². The number of rotatable bonds is 8. The van der Waals surface area contributed by atoms with Gasteiger partial charge in [-0.1, -0.05) is 23.2 Å². The number of nitrogens with two attached hydrogens (primary N) is 1. The Hall–Kier alpha value is -3.60. The predicted octanol–water partition coefficient (Wildman–Crippen LogP) is 4.89. The summed E-state index contributed by atoms with van der Waals surface area (Å²) in [5.41, 5.74) is 9.30. The average Bonchev–Trinajstić information content (AvgIpc) is 3.45. The molecule has 0 bridgehead atoms. The minimum Gasteiger partial charge on any atom is -0.493 e. The van der Waals surface area contributed by atoms with Crippen molar-refractivity contribution in [3.63, 3.8) is 0 Å². The third kappa shape index (κ3) is 5.13. The van der Waals surface area contributed by atoms with Crippen LogP contribution in [-0.4, -0.2) is 56.0 Å². The molecule has 0 saturated heterocycles. The fourth-order valence-corrected chi connectivity index (χ4v) is 4.40. The monoisotopic (exact) mass is 540 g/mol. The van der Waals surface area contributed by atoms with Crippen molar-refractivity contribution in [1.82, 2.24) is 29.7 Å². The molecule has 37 heavy (non-hydrogen) atoms. The summed E-state index contributed by atoms with van der Waals surface area (Å²) in [5, 5.41) is 9.89. The Bertz CT molecular complexity index is 1610. The van der Waals surface area contributed by atoms with Crippen LogP contribution in [-0.2, 0) is 6.54 Å². The molecule has 0 spiro atoms. The van der Waals surface area contributed by atoms with Crippen LogP contribution in [0.25, 0.3) is 33.2 Å². The number of ether oxygens (including phenoxy) is 2. The zero-order chi connectivity index (χ0) is 26.3. The number of methoxy groups -OCH3 is 2. The van der Waals surface area contributed by atoms with Crippen molar-refractivity contribution >= 4 is 51.1 Å². The van der Waals surface area contributed by atoms with E-state index in [1.54, 1.807) is 37.2 Å². The third-order valence-corrected chi connectivity index (χ3v) is 6.27. The minimum atomic E-state index is -0.440. The van der Waals surface area contributed by atoms with E-state index in [0.29, 0.717) is 57.6 Å². The van der Waals surface area contributed by atoms with Gasteiger partial charge in [-0.25, -0.2) is 15.0 Å². The average molecular weight is 541 g/mol. The fraction of sp³-hybridized carbons (Fsp3) is 0.280. The first-order valence-corrected chi connectivity index (χ1v) is 12.2. The first-order chi connectivity index (χ1) is 17.6. The van der Waals surface area contributed by atoms with Crippen LogP contribution in [0.15, 0.2) is 36.7 Å². The molecule has 0 saturated carbocycles. The van der Waals surface area contributed by atoms with Gasteiger partial charge in [-0.2, -0.15) is 5.10 Å². The number of aromatic amines is 1. The summed E-state index contributed by atoms with van der Waals surface area (Å²) < 4.78 is 12.7. The maximum atomic E-state index is 6.67. The Morgan fingerprint density at radius 1 is 1.08 bits per heavy atom. The van der Waals surface area contributed by atoms with Gasteiger partial charge in [0.15, 0.2) is 23.0 Å². The number of anilines is 1. The summed E-state index contributed by atoms with van der Waals surface area (Å²) in [5.74, 6) is 2.40. The number of H-pyrrole nitrogens is 1. The first-order valence-electron chi connectivity index (χ1n) is 11.5. The second kappa shape index (κ2) is 9.70. The normalized spacial score (nSPS) is 11.9. The van der Waals surface area contributed by atoms with Gasteiger partial charge < -0.3 is 25.5 Å². The smallest absolute Gasteiger partial charge is 0.179 e. The molecule has 4 heterocycles. The van der Waals surface area contributed by atoms with Gasteiger partial charge >= 0.3 is 0 Å². The topological polar surface area (TPSA) is 129 Å². The van der Waals surface area contributed by atoms with E-state index in [1.807, 2.05) is 32.2 Å². The second-order valence-electron chi connectivity index (χ2n) is 9.33. The molecule has 4 aromatic heterocycles. The highest BCUT2D eigenvalue weighted by molar-refractivity contribution is 6.34. The van der Waals surface area contributed by atoms with Gasteiger partial charge in [-0.3, -0.25) is 4.68 Å². The first kappa shape index (κ1) is 25.1. The zero-order valence-electron chi connectivity index (χ0n) is 20.8. The largest absolute Gasteiger partial charge is 0.493 e. The standard InChI is InChI=1S/C25H26Cl2N8O2/c1-25(2,28)12-30-24-22-15(14(9-29-24)13-7-18(36-3)19(37-4)8-16(13)26)10-35(34-22)11-21-31-17-5-6-20(27)32-23(17)33-21/h5-10H,11-12,28H2,1-4H3,(H,29,30)(H,31,32,33). The highest BCUT2D eigenvalue weighted by atomic mass is 35.5. The Kier molecular flexibility index (Phi) is 6.57. The second-order valence-corrected chi connectivity index (χ2v) is 10.1. The summed E-state index contributed by atoms with van der Waals surface area (Å²) in [6.07, 6.45) is 3.70. The van der Waals surface area contributed by atoms with E-state index < -0.39 is 5.54 Å². The van der Waals surface area contributed by atoms with Gasteiger partial charge in [0.1, 0.15) is 16.5 Å². The Morgan fingerprint density at radius 3 is 2.57 bits per heavy atom. The van der Waals surface area contributed by atoms with E-state index >= 15 is 0 Å². The number of pyridine rings is 2.